The predicted octanol–water partition coefficient (Wildman–Crippen LogP) is 3.78. The molecule has 1 atom stereocenters. The average Bonchev–Trinajstić information content (AvgIpc) is 2.90. The van der Waals surface area contributed by atoms with Crippen molar-refractivity contribution in [2.45, 2.75) is 11.8 Å². The van der Waals surface area contributed by atoms with E-state index in [0.717, 1.165) is 4.88 Å². The third-order valence-corrected chi connectivity index (χ3v) is 6.00. The van der Waals surface area contributed by atoms with Crippen molar-refractivity contribution in [3.63, 3.8) is 0 Å². The zero-order chi connectivity index (χ0) is 17.0. The summed E-state index contributed by atoms with van der Waals surface area (Å²) in [6.45, 7) is 0.310. The summed E-state index contributed by atoms with van der Waals surface area (Å²) in [6, 6.07) is 8.74. The van der Waals surface area contributed by atoms with Gasteiger partial charge in [-0.05, 0) is 49.3 Å². The minimum Gasteiger partial charge on any atom is -0.300 e. The van der Waals surface area contributed by atoms with Crippen LogP contribution in [-0.4, -0.2) is 34.0 Å². The SMILES string of the molecule is CN(C)C(CNS(=O)(=O)Cc1cc(Cl)cc(Cl)c1)c1cccs1. The Morgan fingerprint density at radius 2 is 1.87 bits per heavy atom. The molecular weight excluding hydrogens is 375 g/mol. The fourth-order valence-electron chi connectivity index (χ4n) is 2.19. The summed E-state index contributed by atoms with van der Waals surface area (Å²) in [4.78, 5) is 3.11. The highest BCUT2D eigenvalue weighted by Gasteiger charge is 2.19. The molecule has 0 aliphatic rings. The Morgan fingerprint density at radius 1 is 1.22 bits per heavy atom. The standard InChI is InChI=1S/C15H18Cl2N2O2S2/c1-19(2)14(15-4-3-5-22-15)9-18-23(20,21)10-11-6-12(16)8-13(17)7-11/h3-8,14,18H,9-10H2,1-2H3. The van der Waals surface area contributed by atoms with Crippen molar-refractivity contribution in [2.75, 3.05) is 20.6 Å². The molecule has 1 aromatic heterocycles. The maximum atomic E-state index is 12.3. The Balaban J connectivity index is 2.05. The number of sulfonamides is 1. The van der Waals surface area contributed by atoms with Gasteiger partial charge in [0.25, 0.3) is 0 Å². The Bertz CT molecular complexity index is 727. The number of halogens is 2. The quantitative estimate of drug-likeness (QED) is 0.779. The molecule has 1 aromatic carbocycles. The number of nitrogens with one attached hydrogen (secondary N) is 1. The average molecular weight is 393 g/mol. The van der Waals surface area contributed by atoms with Crippen LogP contribution in [0.1, 0.15) is 16.5 Å². The van der Waals surface area contributed by atoms with Crippen molar-refractivity contribution in [3.8, 4) is 0 Å². The Morgan fingerprint density at radius 3 is 2.39 bits per heavy atom. The summed E-state index contributed by atoms with van der Waals surface area (Å²) < 4.78 is 27.3. The van der Waals surface area contributed by atoms with E-state index in [1.54, 1.807) is 29.5 Å². The van der Waals surface area contributed by atoms with Gasteiger partial charge < -0.3 is 4.90 Å². The Kier molecular flexibility index (Phi) is 6.48. The molecular formula is C15H18Cl2N2O2S2. The maximum absolute atomic E-state index is 12.3. The highest BCUT2D eigenvalue weighted by Crippen LogP contribution is 2.23. The second-order valence-corrected chi connectivity index (χ2v) is 9.04. The lowest BCUT2D eigenvalue weighted by molar-refractivity contribution is 0.303. The second-order valence-electron chi connectivity index (χ2n) is 5.38. The van der Waals surface area contributed by atoms with Gasteiger partial charge in [0.2, 0.25) is 10.0 Å². The molecule has 8 heteroatoms. The highest BCUT2D eigenvalue weighted by atomic mass is 35.5. The van der Waals surface area contributed by atoms with E-state index in [4.69, 9.17) is 23.2 Å². The van der Waals surface area contributed by atoms with Crippen LogP contribution in [-0.2, 0) is 15.8 Å². The molecule has 1 unspecified atom stereocenters. The van der Waals surface area contributed by atoms with Crippen molar-refractivity contribution in [2.24, 2.45) is 0 Å². The van der Waals surface area contributed by atoms with Gasteiger partial charge in [-0.15, -0.1) is 11.3 Å². The largest absolute Gasteiger partial charge is 0.300 e. The molecule has 126 valence electrons. The number of thiophene rings is 1. The number of benzene rings is 1. The third-order valence-electron chi connectivity index (χ3n) is 3.27. The van der Waals surface area contributed by atoms with Crippen molar-refractivity contribution in [1.82, 2.24) is 9.62 Å². The lowest BCUT2D eigenvalue weighted by Gasteiger charge is -2.23. The minimum atomic E-state index is -3.48. The summed E-state index contributed by atoms with van der Waals surface area (Å²) in [5.74, 6) is -0.155. The van der Waals surface area contributed by atoms with Crippen LogP contribution in [0.4, 0.5) is 0 Å². The topological polar surface area (TPSA) is 49.4 Å². The molecule has 0 amide bonds. The molecule has 2 aromatic rings. The van der Waals surface area contributed by atoms with E-state index in [9.17, 15) is 8.42 Å². The molecule has 0 spiro atoms. The number of rotatable bonds is 7. The second kappa shape index (κ2) is 7.96. The van der Waals surface area contributed by atoms with Crippen molar-refractivity contribution in [3.05, 3.63) is 56.2 Å². The molecule has 2 rings (SSSR count). The summed E-state index contributed by atoms with van der Waals surface area (Å²) in [6.07, 6.45) is 0. The van der Waals surface area contributed by atoms with Gasteiger partial charge in [0, 0.05) is 21.5 Å². The number of nitrogens with zero attached hydrogens (tertiary/aromatic N) is 1. The summed E-state index contributed by atoms with van der Waals surface area (Å²) in [5.41, 5.74) is 0.563. The Labute approximate surface area is 151 Å². The van der Waals surface area contributed by atoms with Crippen LogP contribution in [0, 0.1) is 0 Å². The van der Waals surface area contributed by atoms with Crippen LogP contribution in [0.25, 0.3) is 0 Å². The van der Waals surface area contributed by atoms with Gasteiger partial charge in [-0.25, -0.2) is 13.1 Å². The van der Waals surface area contributed by atoms with Gasteiger partial charge in [0.15, 0.2) is 0 Å². The first-order valence-corrected chi connectivity index (χ1v) is 10.2. The monoisotopic (exact) mass is 392 g/mol. The molecule has 0 bridgehead atoms. The lowest BCUT2D eigenvalue weighted by Crippen LogP contribution is -2.34. The maximum Gasteiger partial charge on any atom is 0.215 e. The van der Waals surface area contributed by atoms with Crippen molar-refractivity contribution in [1.29, 1.82) is 0 Å². The van der Waals surface area contributed by atoms with Crippen LogP contribution in [0.2, 0.25) is 10.0 Å². The molecule has 1 heterocycles. The smallest absolute Gasteiger partial charge is 0.215 e. The molecule has 0 fully saturated rings. The molecule has 0 aliphatic heterocycles. The van der Waals surface area contributed by atoms with Gasteiger partial charge in [0.05, 0.1) is 11.8 Å². The first-order chi connectivity index (χ1) is 10.8. The molecule has 0 radical (unpaired) electrons. The minimum absolute atomic E-state index is 0.00674. The molecule has 0 aliphatic carbocycles. The fourth-order valence-corrected chi connectivity index (χ4v) is 4.80. The number of likely N-dealkylation sites (N-methyl/N-ethyl adjacent to an activating group) is 1. The Hall–Kier alpha value is -0.630. The zero-order valence-electron chi connectivity index (χ0n) is 12.8. The summed E-state index contributed by atoms with van der Waals surface area (Å²) in [5, 5.41) is 2.83. The van der Waals surface area contributed by atoms with E-state index in [1.165, 1.54) is 0 Å². The molecule has 4 nitrogen and oxygen atoms in total. The summed E-state index contributed by atoms with van der Waals surface area (Å²) >= 11 is 13.4. The molecule has 23 heavy (non-hydrogen) atoms. The van der Waals surface area contributed by atoms with Gasteiger partial charge >= 0.3 is 0 Å². The van der Waals surface area contributed by atoms with E-state index in [-0.39, 0.29) is 11.8 Å². The van der Waals surface area contributed by atoms with E-state index in [0.29, 0.717) is 22.2 Å². The highest BCUT2D eigenvalue weighted by molar-refractivity contribution is 7.88. The van der Waals surface area contributed by atoms with Gasteiger partial charge in [0.1, 0.15) is 0 Å². The molecule has 0 saturated heterocycles. The van der Waals surface area contributed by atoms with Gasteiger partial charge in [-0.2, -0.15) is 0 Å². The van der Waals surface area contributed by atoms with Crippen LogP contribution >= 0.6 is 34.5 Å². The molecule has 0 saturated carbocycles. The predicted molar refractivity (Wildman–Crippen MR) is 97.8 cm³/mol. The zero-order valence-corrected chi connectivity index (χ0v) is 15.9. The van der Waals surface area contributed by atoms with E-state index < -0.39 is 10.0 Å². The first-order valence-electron chi connectivity index (χ1n) is 6.89. The van der Waals surface area contributed by atoms with E-state index in [2.05, 4.69) is 4.72 Å². The first kappa shape index (κ1) is 18.7. The number of hydrogen-bond donors (Lipinski definition) is 1. The van der Waals surface area contributed by atoms with E-state index in [1.807, 2.05) is 36.5 Å². The van der Waals surface area contributed by atoms with Crippen LogP contribution in [0.15, 0.2) is 35.7 Å². The van der Waals surface area contributed by atoms with Crippen molar-refractivity contribution >= 4 is 44.6 Å². The van der Waals surface area contributed by atoms with E-state index >= 15 is 0 Å². The fraction of sp³-hybridized carbons (Fsp3) is 0.333. The molecule has 1 N–H and O–H groups in total. The lowest BCUT2D eigenvalue weighted by atomic mass is 10.2. The summed E-state index contributed by atoms with van der Waals surface area (Å²) in [7, 11) is 0.375. The van der Waals surface area contributed by atoms with Gasteiger partial charge in [-0.1, -0.05) is 29.3 Å². The van der Waals surface area contributed by atoms with Crippen molar-refractivity contribution < 1.29 is 8.42 Å². The normalized spacial score (nSPS) is 13.4. The van der Waals surface area contributed by atoms with Crippen LogP contribution < -0.4 is 4.72 Å². The third kappa shape index (κ3) is 5.74. The van der Waals surface area contributed by atoms with Gasteiger partial charge in [-0.3, -0.25) is 0 Å². The van der Waals surface area contributed by atoms with Crippen LogP contribution in [0.3, 0.4) is 0 Å². The number of hydrogen-bond acceptors (Lipinski definition) is 4. The van der Waals surface area contributed by atoms with Crippen LogP contribution in [0.5, 0.6) is 0 Å².